The molecule has 0 saturated carbocycles. The van der Waals surface area contributed by atoms with Crippen LogP contribution in [0.4, 0.5) is 5.69 Å². The average molecular weight is 393 g/mol. The molecule has 7 nitrogen and oxygen atoms in total. The number of ether oxygens (including phenoxy) is 1. The molecule has 1 N–H and O–H groups in total. The summed E-state index contributed by atoms with van der Waals surface area (Å²) in [5.41, 5.74) is 1.95. The van der Waals surface area contributed by atoms with Crippen molar-refractivity contribution in [2.75, 3.05) is 6.61 Å². The Bertz CT molecular complexity index is 1030. The van der Waals surface area contributed by atoms with Crippen molar-refractivity contribution in [3.63, 3.8) is 0 Å². The lowest BCUT2D eigenvalue weighted by atomic mass is 9.93. The van der Waals surface area contributed by atoms with Gasteiger partial charge in [0.1, 0.15) is 24.3 Å². The summed E-state index contributed by atoms with van der Waals surface area (Å²) in [6.07, 6.45) is 6.72. The van der Waals surface area contributed by atoms with Gasteiger partial charge < -0.3 is 14.4 Å². The molecule has 0 radical (unpaired) electrons. The Morgan fingerprint density at radius 1 is 1.21 bits per heavy atom. The first-order chi connectivity index (χ1) is 14.1. The number of non-ortho nitro benzene ring substituents is 1. The number of hydrogen-bond donors (Lipinski definition) is 1. The predicted octanol–water partition coefficient (Wildman–Crippen LogP) is 4.21. The van der Waals surface area contributed by atoms with E-state index in [1.807, 2.05) is 24.3 Å². The maximum absolute atomic E-state index is 10.7. The third kappa shape index (κ3) is 4.30. The lowest BCUT2D eigenvalue weighted by Gasteiger charge is -2.21. The van der Waals surface area contributed by atoms with Crippen LogP contribution in [-0.2, 0) is 6.54 Å². The molecule has 1 heterocycles. The SMILES string of the molecule is O=[N+]([O-])c1ccc(OC[C@H](O)Cn2c([C@H]3CC=CCC3)nc3ccccc32)cc1. The first-order valence-corrected chi connectivity index (χ1v) is 9.77. The molecule has 0 saturated heterocycles. The van der Waals surface area contributed by atoms with Gasteiger partial charge in [-0.2, -0.15) is 0 Å². The number of nitro groups is 1. The van der Waals surface area contributed by atoms with Crippen LogP contribution >= 0.6 is 0 Å². The molecule has 3 aromatic rings. The number of aliphatic hydroxyl groups excluding tert-OH is 1. The number of para-hydroxylation sites is 2. The first kappa shape index (κ1) is 19.1. The van der Waals surface area contributed by atoms with Crippen molar-refractivity contribution in [3.8, 4) is 5.75 Å². The van der Waals surface area contributed by atoms with Gasteiger partial charge >= 0.3 is 0 Å². The molecular formula is C22H23N3O4. The van der Waals surface area contributed by atoms with E-state index in [0.29, 0.717) is 18.2 Å². The Labute approximate surface area is 168 Å². The Morgan fingerprint density at radius 3 is 2.72 bits per heavy atom. The van der Waals surface area contributed by atoms with Crippen LogP contribution in [0.5, 0.6) is 5.75 Å². The average Bonchev–Trinajstić information content (AvgIpc) is 3.11. The highest BCUT2D eigenvalue weighted by Gasteiger charge is 2.22. The summed E-state index contributed by atoms with van der Waals surface area (Å²) in [5.74, 6) is 1.84. The molecule has 7 heteroatoms. The second-order valence-corrected chi connectivity index (χ2v) is 7.27. The maximum atomic E-state index is 10.7. The molecule has 0 amide bonds. The molecule has 1 aromatic heterocycles. The van der Waals surface area contributed by atoms with Crippen molar-refractivity contribution in [3.05, 3.63) is 76.6 Å². The highest BCUT2D eigenvalue weighted by molar-refractivity contribution is 5.76. The lowest BCUT2D eigenvalue weighted by molar-refractivity contribution is -0.384. The van der Waals surface area contributed by atoms with Gasteiger partial charge in [0.15, 0.2) is 0 Å². The number of benzene rings is 2. The normalized spacial score (nSPS) is 17.3. The minimum atomic E-state index is -0.735. The van der Waals surface area contributed by atoms with E-state index in [2.05, 4.69) is 16.7 Å². The van der Waals surface area contributed by atoms with Gasteiger partial charge in [-0.05, 0) is 43.5 Å². The number of aliphatic hydroxyl groups is 1. The highest BCUT2D eigenvalue weighted by Crippen LogP contribution is 2.31. The molecule has 2 atom stereocenters. The predicted molar refractivity (Wildman–Crippen MR) is 110 cm³/mol. The number of allylic oxidation sites excluding steroid dienone is 2. The van der Waals surface area contributed by atoms with Crippen molar-refractivity contribution >= 4 is 16.7 Å². The van der Waals surface area contributed by atoms with Gasteiger partial charge in [0.2, 0.25) is 0 Å². The Kier molecular flexibility index (Phi) is 5.57. The second-order valence-electron chi connectivity index (χ2n) is 7.27. The van der Waals surface area contributed by atoms with Gasteiger partial charge in [0.05, 0.1) is 22.5 Å². The van der Waals surface area contributed by atoms with Crippen molar-refractivity contribution in [2.45, 2.75) is 37.8 Å². The number of fused-ring (bicyclic) bond motifs is 1. The topological polar surface area (TPSA) is 90.4 Å². The van der Waals surface area contributed by atoms with E-state index in [9.17, 15) is 15.2 Å². The van der Waals surface area contributed by atoms with E-state index in [4.69, 9.17) is 9.72 Å². The van der Waals surface area contributed by atoms with Gasteiger partial charge in [-0.25, -0.2) is 4.98 Å². The number of nitrogens with zero attached hydrogens (tertiary/aromatic N) is 3. The van der Waals surface area contributed by atoms with Crippen molar-refractivity contribution < 1.29 is 14.8 Å². The van der Waals surface area contributed by atoms with Crippen LogP contribution in [0, 0.1) is 10.1 Å². The Balaban J connectivity index is 1.49. The summed E-state index contributed by atoms with van der Waals surface area (Å²) in [5, 5.41) is 21.3. The highest BCUT2D eigenvalue weighted by atomic mass is 16.6. The van der Waals surface area contributed by atoms with Gasteiger partial charge in [0.25, 0.3) is 5.69 Å². The summed E-state index contributed by atoms with van der Waals surface area (Å²) in [6.45, 7) is 0.470. The van der Waals surface area contributed by atoms with E-state index in [1.165, 1.54) is 24.3 Å². The molecule has 2 aromatic carbocycles. The summed E-state index contributed by atoms with van der Waals surface area (Å²) >= 11 is 0. The van der Waals surface area contributed by atoms with Gasteiger partial charge in [0, 0.05) is 18.1 Å². The fourth-order valence-electron chi connectivity index (χ4n) is 3.75. The number of aromatic nitrogens is 2. The van der Waals surface area contributed by atoms with Crippen LogP contribution in [0.1, 0.15) is 31.0 Å². The summed E-state index contributed by atoms with van der Waals surface area (Å²) < 4.78 is 7.73. The molecular weight excluding hydrogens is 370 g/mol. The number of hydrogen-bond acceptors (Lipinski definition) is 5. The standard InChI is InChI=1S/C22H23N3O4/c26-18(15-29-19-12-10-17(11-13-19)25(27)28)14-24-21-9-5-4-8-20(21)23-22(24)16-6-2-1-3-7-16/h1-2,4-5,8-13,16,18,26H,3,6-7,14-15H2/t16-,18+/m0/s1. The maximum Gasteiger partial charge on any atom is 0.269 e. The fraction of sp³-hybridized carbons (Fsp3) is 0.318. The van der Waals surface area contributed by atoms with Crippen LogP contribution in [-0.4, -0.2) is 32.3 Å². The molecule has 1 aliphatic rings. The summed E-state index contributed by atoms with van der Waals surface area (Å²) in [6, 6.07) is 13.8. The summed E-state index contributed by atoms with van der Waals surface area (Å²) in [7, 11) is 0. The van der Waals surface area contributed by atoms with E-state index < -0.39 is 11.0 Å². The minimum Gasteiger partial charge on any atom is -0.491 e. The summed E-state index contributed by atoms with van der Waals surface area (Å²) in [4.78, 5) is 15.1. The number of rotatable bonds is 7. The quantitative estimate of drug-likeness (QED) is 0.369. The third-order valence-corrected chi connectivity index (χ3v) is 5.20. The van der Waals surface area contributed by atoms with E-state index in [0.717, 1.165) is 36.1 Å². The zero-order chi connectivity index (χ0) is 20.2. The molecule has 0 unspecified atom stereocenters. The van der Waals surface area contributed by atoms with Gasteiger partial charge in [-0.1, -0.05) is 24.3 Å². The number of imidazole rings is 1. The van der Waals surface area contributed by atoms with Crippen LogP contribution in [0.3, 0.4) is 0 Å². The Morgan fingerprint density at radius 2 is 2.00 bits per heavy atom. The molecule has 1 aliphatic carbocycles. The number of nitro benzene ring substituents is 1. The first-order valence-electron chi connectivity index (χ1n) is 9.77. The molecule has 29 heavy (non-hydrogen) atoms. The minimum absolute atomic E-state index is 0.00829. The van der Waals surface area contributed by atoms with Crippen molar-refractivity contribution in [2.24, 2.45) is 0 Å². The Hall–Kier alpha value is -3.19. The monoisotopic (exact) mass is 393 g/mol. The molecule has 4 rings (SSSR count). The zero-order valence-electron chi connectivity index (χ0n) is 16.0. The van der Waals surface area contributed by atoms with E-state index in [1.54, 1.807) is 0 Å². The smallest absolute Gasteiger partial charge is 0.269 e. The van der Waals surface area contributed by atoms with Crippen LogP contribution < -0.4 is 4.74 Å². The van der Waals surface area contributed by atoms with Crippen LogP contribution in [0.25, 0.3) is 11.0 Å². The fourth-order valence-corrected chi connectivity index (χ4v) is 3.75. The largest absolute Gasteiger partial charge is 0.491 e. The van der Waals surface area contributed by atoms with Crippen molar-refractivity contribution in [1.29, 1.82) is 0 Å². The third-order valence-electron chi connectivity index (χ3n) is 5.20. The molecule has 0 fully saturated rings. The van der Waals surface area contributed by atoms with Crippen LogP contribution in [0.2, 0.25) is 0 Å². The molecule has 150 valence electrons. The van der Waals surface area contributed by atoms with E-state index in [-0.39, 0.29) is 12.3 Å². The second kappa shape index (κ2) is 8.45. The van der Waals surface area contributed by atoms with Crippen molar-refractivity contribution in [1.82, 2.24) is 9.55 Å². The van der Waals surface area contributed by atoms with Gasteiger partial charge in [-0.3, -0.25) is 10.1 Å². The van der Waals surface area contributed by atoms with E-state index >= 15 is 0 Å². The van der Waals surface area contributed by atoms with Gasteiger partial charge in [-0.15, -0.1) is 0 Å². The molecule has 0 bridgehead atoms. The molecule has 0 spiro atoms. The zero-order valence-corrected chi connectivity index (χ0v) is 16.0. The lowest BCUT2D eigenvalue weighted by Crippen LogP contribution is -2.25. The molecule has 0 aliphatic heterocycles. The van der Waals surface area contributed by atoms with Crippen LogP contribution in [0.15, 0.2) is 60.7 Å².